The third kappa shape index (κ3) is 3.64. The van der Waals surface area contributed by atoms with E-state index in [0.717, 1.165) is 30.1 Å². The second-order valence-electron chi connectivity index (χ2n) is 15.5. The molecule has 33 heavy (non-hydrogen) atoms. The van der Waals surface area contributed by atoms with Crippen molar-refractivity contribution >= 4 is 0 Å². The van der Waals surface area contributed by atoms with Gasteiger partial charge in [0.2, 0.25) is 0 Å². The lowest BCUT2D eigenvalue weighted by Crippen LogP contribution is -2.57. The van der Waals surface area contributed by atoms with Crippen LogP contribution in [0, 0.1) is 56.7 Å². The summed E-state index contributed by atoms with van der Waals surface area (Å²) in [6.45, 7) is 25.0. The normalized spacial score (nSPS) is 45.8. The van der Waals surface area contributed by atoms with Crippen LogP contribution in [0.15, 0.2) is 11.6 Å². The molecular weight excluding hydrogens is 400 g/mol. The Morgan fingerprint density at radius 2 is 1.61 bits per heavy atom. The van der Waals surface area contributed by atoms with Gasteiger partial charge in [0.15, 0.2) is 0 Å². The van der Waals surface area contributed by atoms with E-state index in [9.17, 15) is 5.11 Å². The minimum Gasteiger partial charge on any atom is -0.393 e. The topological polar surface area (TPSA) is 20.2 Å². The van der Waals surface area contributed by atoms with Crippen molar-refractivity contribution in [1.29, 1.82) is 0 Å². The summed E-state index contributed by atoms with van der Waals surface area (Å²) in [5, 5.41) is 10.8. The quantitative estimate of drug-likeness (QED) is 0.409. The second kappa shape index (κ2) is 8.11. The first-order valence-corrected chi connectivity index (χ1v) is 14.5. The predicted molar refractivity (Wildman–Crippen MR) is 142 cm³/mol. The first-order chi connectivity index (χ1) is 15.1. The van der Waals surface area contributed by atoms with E-state index >= 15 is 0 Å². The molecule has 8 atom stereocenters. The molecule has 0 bridgehead atoms. The monoisotopic (exact) mass is 456 g/mol. The first-order valence-electron chi connectivity index (χ1n) is 14.5. The third-order valence-electron chi connectivity index (χ3n) is 13.3. The molecule has 0 spiro atoms. The van der Waals surface area contributed by atoms with Crippen LogP contribution in [0.1, 0.15) is 127 Å². The van der Waals surface area contributed by atoms with Crippen LogP contribution in [-0.2, 0) is 0 Å². The Bertz CT molecular complexity index is 773. The minimum absolute atomic E-state index is 0.0381. The largest absolute Gasteiger partial charge is 0.393 e. The Morgan fingerprint density at radius 1 is 0.939 bits per heavy atom. The number of aliphatic hydroxyl groups is 1. The number of allylic oxidation sites excluding steroid dienone is 2. The second-order valence-corrected chi connectivity index (χ2v) is 15.5. The van der Waals surface area contributed by atoms with Gasteiger partial charge in [-0.2, -0.15) is 0 Å². The van der Waals surface area contributed by atoms with Gasteiger partial charge in [-0.25, -0.2) is 0 Å². The van der Waals surface area contributed by atoms with E-state index in [1.54, 1.807) is 0 Å². The maximum absolute atomic E-state index is 10.8. The number of hydrogen-bond acceptors (Lipinski definition) is 1. The van der Waals surface area contributed by atoms with Crippen molar-refractivity contribution in [2.45, 2.75) is 133 Å². The summed E-state index contributed by atoms with van der Waals surface area (Å²) in [6, 6.07) is 0. The van der Waals surface area contributed by atoms with Crippen LogP contribution in [0.3, 0.4) is 0 Å². The lowest BCUT2D eigenvalue weighted by molar-refractivity contribution is -0.118. The van der Waals surface area contributed by atoms with Crippen LogP contribution in [-0.4, -0.2) is 11.2 Å². The van der Waals surface area contributed by atoms with Crippen molar-refractivity contribution < 1.29 is 5.11 Å². The highest BCUT2D eigenvalue weighted by Gasteiger charge is 2.65. The number of rotatable bonds is 5. The Morgan fingerprint density at radius 3 is 2.24 bits per heavy atom. The lowest BCUT2D eigenvalue weighted by atomic mass is 9.41. The van der Waals surface area contributed by atoms with Gasteiger partial charge in [-0.15, -0.1) is 0 Å². The molecule has 3 fully saturated rings. The molecule has 0 aromatic carbocycles. The summed E-state index contributed by atoms with van der Waals surface area (Å²) < 4.78 is 0. The number of aliphatic hydroxyl groups excluding tert-OH is 1. The van der Waals surface area contributed by atoms with Crippen LogP contribution < -0.4 is 0 Å². The van der Waals surface area contributed by atoms with Gasteiger partial charge in [0.05, 0.1) is 6.10 Å². The molecule has 0 unspecified atom stereocenters. The minimum atomic E-state index is -0.135. The van der Waals surface area contributed by atoms with E-state index in [0.29, 0.717) is 27.6 Å². The average molecular weight is 457 g/mol. The van der Waals surface area contributed by atoms with Crippen molar-refractivity contribution in [3.8, 4) is 0 Å². The SMILES string of the molecule is CC(C)C(C)(C)CC[C@@H](C)[C@H]1CC[C@@]2(C)[C@@H]3CC[C@H]4C(C)(C)[C@@H](O)CC[C@]4(C)C3=CC[C@]12C. The zero-order valence-corrected chi connectivity index (χ0v) is 23.9. The molecule has 4 rings (SSSR count). The molecule has 190 valence electrons. The van der Waals surface area contributed by atoms with Gasteiger partial charge in [-0.1, -0.05) is 80.9 Å². The molecule has 4 aliphatic rings. The summed E-state index contributed by atoms with van der Waals surface area (Å²) in [6.07, 6.45) is 14.3. The molecule has 0 saturated heterocycles. The van der Waals surface area contributed by atoms with E-state index in [4.69, 9.17) is 0 Å². The first kappa shape index (κ1) is 25.8. The fraction of sp³-hybridized carbons (Fsp3) is 0.938. The maximum atomic E-state index is 10.8. The summed E-state index contributed by atoms with van der Waals surface area (Å²) in [7, 11) is 0. The number of fused-ring (bicyclic) bond motifs is 5. The third-order valence-corrected chi connectivity index (χ3v) is 13.3. The lowest BCUT2D eigenvalue weighted by Gasteiger charge is -2.64. The van der Waals surface area contributed by atoms with Crippen molar-refractivity contribution in [3.05, 3.63) is 11.6 Å². The molecule has 1 nitrogen and oxygen atoms in total. The molecule has 4 aliphatic carbocycles. The highest BCUT2D eigenvalue weighted by atomic mass is 16.3. The highest BCUT2D eigenvalue weighted by Crippen LogP contribution is 2.73. The van der Waals surface area contributed by atoms with Crippen molar-refractivity contribution in [1.82, 2.24) is 0 Å². The zero-order chi connectivity index (χ0) is 24.6. The Kier molecular flexibility index (Phi) is 6.34. The fourth-order valence-corrected chi connectivity index (χ4v) is 9.76. The molecule has 0 radical (unpaired) electrons. The van der Waals surface area contributed by atoms with Crippen molar-refractivity contribution in [2.24, 2.45) is 56.7 Å². The van der Waals surface area contributed by atoms with Crippen LogP contribution in [0.25, 0.3) is 0 Å². The summed E-state index contributed by atoms with van der Waals surface area (Å²) >= 11 is 0. The van der Waals surface area contributed by atoms with Crippen molar-refractivity contribution in [3.63, 3.8) is 0 Å². The zero-order valence-electron chi connectivity index (χ0n) is 23.9. The molecule has 3 saturated carbocycles. The van der Waals surface area contributed by atoms with Crippen LogP contribution >= 0.6 is 0 Å². The van der Waals surface area contributed by atoms with E-state index in [2.05, 4.69) is 75.3 Å². The maximum Gasteiger partial charge on any atom is 0.0594 e. The Balaban J connectivity index is 1.60. The standard InChI is InChI=1S/C32H56O/c1-21(2)28(4,5)17-13-22(3)23-14-19-32(10)25-11-12-26-29(6,7)27(33)16-18-30(26,8)24(25)15-20-31(23,32)9/h15,21-23,25-27,33H,11-14,16-20H2,1-10H3/t22-,23-,25-,26+,27+,30-,31-,32+/m1/s1. The van der Waals surface area contributed by atoms with Gasteiger partial charge in [0.25, 0.3) is 0 Å². The molecule has 1 N–H and O–H groups in total. The van der Waals surface area contributed by atoms with E-state index < -0.39 is 0 Å². The molecule has 0 aromatic rings. The smallest absolute Gasteiger partial charge is 0.0594 e. The van der Waals surface area contributed by atoms with Crippen molar-refractivity contribution in [2.75, 3.05) is 0 Å². The molecule has 1 heteroatoms. The van der Waals surface area contributed by atoms with Gasteiger partial charge >= 0.3 is 0 Å². The van der Waals surface area contributed by atoms with Crippen LogP contribution in [0.2, 0.25) is 0 Å². The number of hydrogen-bond donors (Lipinski definition) is 1. The summed E-state index contributed by atoms with van der Waals surface area (Å²) in [5.74, 6) is 3.81. The van der Waals surface area contributed by atoms with Gasteiger partial charge in [-0.05, 0) is 114 Å². The fourth-order valence-electron chi connectivity index (χ4n) is 9.76. The van der Waals surface area contributed by atoms with Gasteiger partial charge < -0.3 is 5.11 Å². The van der Waals surface area contributed by atoms with Crippen LogP contribution in [0.5, 0.6) is 0 Å². The van der Waals surface area contributed by atoms with Gasteiger partial charge in [-0.3, -0.25) is 0 Å². The molecule has 0 aromatic heterocycles. The summed E-state index contributed by atoms with van der Waals surface area (Å²) in [4.78, 5) is 0. The molecule has 0 heterocycles. The van der Waals surface area contributed by atoms with Gasteiger partial charge in [0.1, 0.15) is 0 Å². The Hall–Kier alpha value is -0.300. The molecule has 0 aliphatic heterocycles. The molecular formula is C32H56O. The highest BCUT2D eigenvalue weighted by molar-refractivity contribution is 5.32. The van der Waals surface area contributed by atoms with Crippen LogP contribution in [0.4, 0.5) is 0 Å². The van der Waals surface area contributed by atoms with E-state index in [-0.39, 0.29) is 11.5 Å². The Labute approximate surface area is 206 Å². The summed E-state index contributed by atoms with van der Waals surface area (Å²) in [5.41, 5.74) is 3.47. The predicted octanol–water partition coefficient (Wildman–Crippen LogP) is 9.05. The van der Waals surface area contributed by atoms with Gasteiger partial charge in [0, 0.05) is 0 Å². The average Bonchev–Trinajstić information content (AvgIpc) is 3.01. The van der Waals surface area contributed by atoms with E-state index in [1.165, 1.54) is 51.4 Å². The molecule has 0 amide bonds. The van der Waals surface area contributed by atoms with E-state index in [1.807, 2.05) is 5.57 Å².